The zero-order chi connectivity index (χ0) is 12.4. The molecule has 1 fully saturated rings. The number of rotatable bonds is 4. The lowest BCUT2D eigenvalue weighted by Gasteiger charge is -2.08. The zero-order valence-electron chi connectivity index (χ0n) is 10.9. The van der Waals surface area contributed by atoms with E-state index in [1.807, 2.05) is 0 Å². The Morgan fingerprint density at radius 1 is 1.41 bits per heavy atom. The summed E-state index contributed by atoms with van der Waals surface area (Å²) in [7, 11) is 0. The van der Waals surface area contributed by atoms with Gasteiger partial charge in [-0.15, -0.1) is 0 Å². The van der Waals surface area contributed by atoms with E-state index in [2.05, 4.69) is 13.8 Å². The van der Waals surface area contributed by atoms with Crippen molar-refractivity contribution in [3.8, 4) is 0 Å². The van der Waals surface area contributed by atoms with Gasteiger partial charge < -0.3 is 11.6 Å². The van der Waals surface area contributed by atoms with Crippen molar-refractivity contribution in [1.82, 2.24) is 9.66 Å². The summed E-state index contributed by atoms with van der Waals surface area (Å²) in [5.41, 5.74) is 7.07. The van der Waals surface area contributed by atoms with E-state index in [0.29, 0.717) is 17.7 Å². The van der Waals surface area contributed by atoms with Crippen LogP contribution in [0.25, 0.3) is 0 Å². The lowest BCUT2D eigenvalue weighted by molar-refractivity contribution is 0.630. The molecule has 1 atom stereocenters. The third kappa shape index (κ3) is 2.26. The second-order valence-corrected chi connectivity index (χ2v) is 5.28. The Balaban J connectivity index is 2.26. The lowest BCUT2D eigenvalue weighted by atomic mass is 10.0. The number of hydrogen-bond donors (Lipinski definition) is 2. The summed E-state index contributed by atoms with van der Waals surface area (Å²) in [6.07, 6.45) is 7.25. The molecule has 0 spiro atoms. The van der Waals surface area contributed by atoms with Crippen LogP contribution < -0.4 is 11.6 Å². The van der Waals surface area contributed by atoms with Crippen LogP contribution in [0.3, 0.4) is 0 Å². The summed E-state index contributed by atoms with van der Waals surface area (Å²) < 4.78 is 1.62. The van der Waals surface area contributed by atoms with Crippen LogP contribution in [0.5, 0.6) is 0 Å². The molecular weight excluding hydrogens is 212 g/mol. The van der Waals surface area contributed by atoms with Crippen LogP contribution in [0.2, 0.25) is 0 Å². The fourth-order valence-corrected chi connectivity index (χ4v) is 2.89. The molecule has 96 valence electrons. The predicted molar refractivity (Wildman–Crippen MR) is 71.3 cm³/mol. The third-order valence-corrected chi connectivity index (χ3v) is 3.91. The van der Waals surface area contributed by atoms with Crippen LogP contribution in [-0.2, 0) is 0 Å². The van der Waals surface area contributed by atoms with E-state index in [-0.39, 0.29) is 0 Å². The molecule has 1 aromatic rings. The van der Waals surface area contributed by atoms with Crippen molar-refractivity contribution >= 4 is 5.82 Å². The zero-order valence-corrected chi connectivity index (χ0v) is 10.9. The smallest absolute Gasteiger partial charge is 0.146 e. The molecule has 17 heavy (non-hydrogen) atoms. The first-order chi connectivity index (χ1) is 8.15. The van der Waals surface area contributed by atoms with Crippen LogP contribution in [0.1, 0.15) is 75.7 Å². The highest BCUT2D eigenvalue weighted by Crippen LogP contribution is 2.35. The van der Waals surface area contributed by atoms with E-state index in [9.17, 15) is 0 Å². The first kappa shape index (κ1) is 12.3. The average Bonchev–Trinajstić information content (AvgIpc) is 2.90. The van der Waals surface area contributed by atoms with E-state index in [1.54, 1.807) is 4.68 Å². The number of nitrogens with two attached hydrogens (primary N) is 2. The fourth-order valence-electron chi connectivity index (χ4n) is 2.89. The van der Waals surface area contributed by atoms with E-state index in [4.69, 9.17) is 16.6 Å². The number of aromatic nitrogens is 2. The van der Waals surface area contributed by atoms with Crippen molar-refractivity contribution in [2.24, 2.45) is 0 Å². The number of nitrogen functional groups attached to an aromatic ring is 2. The maximum atomic E-state index is 6.08. The van der Waals surface area contributed by atoms with Gasteiger partial charge in [0.1, 0.15) is 11.6 Å². The number of hydrogen-bond acceptors (Lipinski definition) is 3. The van der Waals surface area contributed by atoms with E-state index >= 15 is 0 Å². The molecule has 0 aromatic carbocycles. The van der Waals surface area contributed by atoms with Crippen LogP contribution in [0, 0.1) is 0 Å². The molecule has 1 aliphatic rings. The largest absolute Gasteiger partial charge is 0.382 e. The normalized spacial score (nSPS) is 18.7. The second-order valence-electron chi connectivity index (χ2n) is 5.28. The van der Waals surface area contributed by atoms with E-state index in [1.165, 1.54) is 25.7 Å². The molecule has 4 N–H and O–H groups in total. The highest BCUT2D eigenvalue weighted by Gasteiger charge is 2.25. The van der Waals surface area contributed by atoms with Gasteiger partial charge in [-0.2, -0.15) is 0 Å². The van der Waals surface area contributed by atoms with Gasteiger partial charge in [0.05, 0.1) is 5.69 Å². The number of anilines is 1. The van der Waals surface area contributed by atoms with Crippen LogP contribution in [0.15, 0.2) is 0 Å². The molecule has 0 radical (unpaired) electrons. The summed E-state index contributed by atoms with van der Waals surface area (Å²) in [5.74, 6) is 8.63. The van der Waals surface area contributed by atoms with Gasteiger partial charge in [-0.1, -0.05) is 33.1 Å². The average molecular weight is 236 g/mol. The summed E-state index contributed by atoms with van der Waals surface area (Å²) in [6, 6.07) is 0. The molecule has 2 rings (SSSR count). The van der Waals surface area contributed by atoms with Gasteiger partial charge in [-0.05, 0) is 19.3 Å². The van der Waals surface area contributed by atoms with Crippen LogP contribution in [-0.4, -0.2) is 9.66 Å². The van der Waals surface area contributed by atoms with Crippen molar-refractivity contribution < 1.29 is 0 Å². The summed E-state index contributed by atoms with van der Waals surface area (Å²) >= 11 is 0. The summed E-state index contributed by atoms with van der Waals surface area (Å²) in [4.78, 5) is 4.72. The molecule has 1 saturated carbocycles. The van der Waals surface area contributed by atoms with Crippen molar-refractivity contribution in [3.63, 3.8) is 0 Å². The first-order valence-electron chi connectivity index (χ1n) is 6.78. The molecule has 4 heteroatoms. The number of nitrogens with zero attached hydrogens (tertiary/aromatic N) is 2. The Morgan fingerprint density at radius 3 is 2.65 bits per heavy atom. The highest BCUT2D eigenvalue weighted by molar-refractivity contribution is 5.41. The molecular formula is C13H24N4. The molecule has 1 aliphatic carbocycles. The van der Waals surface area contributed by atoms with Gasteiger partial charge >= 0.3 is 0 Å². The quantitative estimate of drug-likeness (QED) is 0.790. The van der Waals surface area contributed by atoms with Gasteiger partial charge in [-0.25, -0.2) is 9.66 Å². The molecule has 0 saturated heterocycles. The second kappa shape index (κ2) is 4.98. The Bertz CT molecular complexity index is 377. The Labute approximate surface area is 103 Å². The van der Waals surface area contributed by atoms with E-state index < -0.39 is 0 Å². The minimum atomic E-state index is 0.407. The Kier molecular flexibility index (Phi) is 3.60. The molecule has 1 aromatic heterocycles. The SMILES string of the molecule is CCCC(C)c1nc(C2CCCC2)n(N)c1N. The van der Waals surface area contributed by atoms with Gasteiger partial charge in [0.2, 0.25) is 0 Å². The summed E-state index contributed by atoms with van der Waals surface area (Å²) in [6.45, 7) is 4.37. The van der Waals surface area contributed by atoms with Crippen LogP contribution >= 0.6 is 0 Å². The first-order valence-corrected chi connectivity index (χ1v) is 6.78. The Morgan fingerprint density at radius 2 is 2.06 bits per heavy atom. The van der Waals surface area contributed by atoms with Crippen LogP contribution in [0.4, 0.5) is 5.82 Å². The maximum Gasteiger partial charge on any atom is 0.146 e. The predicted octanol–water partition coefficient (Wildman–Crippen LogP) is 2.74. The van der Waals surface area contributed by atoms with Gasteiger partial charge in [0.25, 0.3) is 0 Å². The monoisotopic (exact) mass is 236 g/mol. The molecule has 0 bridgehead atoms. The molecule has 0 amide bonds. The standard InChI is InChI=1S/C13H24N4/c1-3-6-9(2)11-12(14)17(15)13(16-11)10-7-4-5-8-10/h9-10H,3-8,14-15H2,1-2H3. The molecule has 1 unspecified atom stereocenters. The van der Waals surface area contributed by atoms with E-state index in [0.717, 1.165) is 24.4 Å². The maximum absolute atomic E-state index is 6.08. The summed E-state index contributed by atoms with van der Waals surface area (Å²) in [5, 5.41) is 0. The topological polar surface area (TPSA) is 69.9 Å². The van der Waals surface area contributed by atoms with Crippen molar-refractivity contribution in [2.45, 2.75) is 64.2 Å². The molecule has 1 heterocycles. The minimum Gasteiger partial charge on any atom is -0.382 e. The Hall–Kier alpha value is -1.19. The molecule has 4 nitrogen and oxygen atoms in total. The van der Waals surface area contributed by atoms with Gasteiger partial charge in [-0.3, -0.25) is 0 Å². The fraction of sp³-hybridized carbons (Fsp3) is 0.769. The molecule has 0 aliphatic heterocycles. The lowest BCUT2D eigenvalue weighted by Crippen LogP contribution is -2.17. The third-order valence-electron chi connectivity index (χ3n) is 3.91. The van der Waals surface area contributed by atoms with Crippen molar-refractivity contribution in [1.29, 1.82) is 0 Å². The van der Waals surface area contributed by atoms with Gasteiger partial charge in [0.15, 0.2) is 0 Å². The van der Waals surface area contributed by atoms with Crippen molar-refractivity contribution in [3.05, 3.63) is 11.5 Å². The van der Waals surface area contributed by atoms with Gasteiger partial charge in [0, 0.05) is 11.8 Å². The minimum absolute atomic E-state index is 0.407. The number of imidazole rings is 1. The van der Waals surface area contributed by atoms with Crippen molar-refractivity contribution in [2.75, 3.05) is 11.6 Å². The highest BCUT2D eigenvalue weighted by atomic mass is 15.4.